The zero-order valence-electron chi connectivity index (χ0n) is 32.9. The molecule has 0 aromatic heterocycles. The Morgan fingerprint density at radius 2 is 1.82 bits per heavy atom. The normalized spacial score (nSPS) is 23.1. The molecule has 0 aliphatic carbocycles. The minimum absolute atomic E-state index is 0.0758. The van der Waals surface area contributed by atoms with Crippen molar-refractivity contribution in [2.75, 3.05) is 49.3 Å². The van der Waals surface area contributed by atoms with Crippen molar-refractivity contribution in [2.45, 2.75) is 82.5 Å². The lowest BCUT2D eigenvalue weighted by Crippen LogP contribution is -2.49. The number of hydrogen-bond donors (Lipinski definition) is 4. The van der Waals surface area contributed by atoms with Gasteiger partial charge in [-0.05, 0) is 93.4 Å². The summed E-state index contributed by atoms with van der Waals surface area (Å²) < 4.78 is 12.8. The van der Waals surface area contributed by atoms with Gasteiger partial charge in [-0.25, -0.2) is 0 Å². The van der Waals surface area contributed by atoms with Crippen LogP contribution in [0.25, 0.3) is 0 Å². The van der Waals surface area contributed by atoms with Crippen LogP contribution in [0.1, 0.15) is 49.8 Å². The molecule has 1 fully saturated rings. The van der Waals surface area contributed by atoms with Gasteiger partial charge in [-0.15, -0.1) is 6.58 Å². The van der Waals surface area contributed by atoms with Crippen molar-refractivity contribution in [1.82, 2.24) is 10.2 Å². The van der Waals surface area contributed by atoms with Gasteiger partial charge in [-0.3, -0.25) is 19.3 Å². The predicted octanol–water partition coefficient (Wildman–Crippen LogP) is 4.78. The third kappa shape index (κ3) is 7.93. The summed E-state index contributed by atoms with van der Waals surface area (Å²) in [6.45, 7) is 12.9. The molecule has 0 bridgehead atoms. The topological polar surface area (TPSA) is 152 Å². The fourth-order valence-electron chi connectivity index (χ4n) is 8.95. The second-order valence-electron chi connectivity index (χ2n) is 15.5. The molecule has 13 heteroatoms. The number of nitrogens with one attached hydrogen (secondary N) is 1. The average molecular weight is 785 g/mol. The van der Waals surface area contributed by atoms with Gasteiger partial charge in [-0.2, -0.15) is 0 Å². The fraction of sp³-hybridized carbons (Fsp3) is 0.465. The third-order valence-electron chi connectivity index (χ3n) is 11.4. The van der Waals surface area contributed by atoms with E-state index in [2.05, 4.69) is 11.9 Å². The number of hydrogen-bond acceptors (Lipinski definition) is 9. The Morgan fingerprint density at radius 1 is 1.07 bits per heavy atom. The smallest absolute Gasteiger partial charge is 0.264 e. The van der Waals surface area contributed by atoms with Gasteiger partial charge in [-0.1, -0.05) is 43.3 Å². The lowest BCUT2D eigenvalue weighted by Gasteiger charge is -2.36. The Balaban J connectivity index is 1.42. The Morgan fingerprint density at radius 3 is 2.50 bits per heavy atom. The number of aliphatic hydroxyl groups is 2. The lowest BCUT2D eigenvalue weighted by atomic mass is 9.82. The van der Waals surface area contributed by atoms with Crippen LogP contribution in [0.4, 0.5) is 17.1 Å². The van der Waals surface area contributed by atoms with E-state index in [-0.39, 0.29) is 50.4 Å². The Kier molecular flexibility index (Phi) is 12.8. The Hall–Kier alpha value is -4.37. The summed E-state index contributed by atoms with van der Waals surface area (Å²) in [5.41, 5.74) is 2.23. The van der Waals surface area contributed by atoms with Gasteiger partial charge in [0.15, 0.2) is 13.9 Å². The quantitative estimate of drug-likeness (QED) is 0.0862. The van der Waals surface area contributed by atoms with E-state index in [1.807, 2.05) is 93.7 Å². The van der Waals surface area contributed by atoms with Crippen LogP contribution in [0.15, 0.2) is 79.4 Å². The van der Waals surface area contributed by atoms with Crippen molar-refractivity contribution in [3.8, 4) is 5.75 Å². The van der Waals surface area contributed by atoms with E-state index in [1.54, 1.807) is 20.8 Å². The Labute approximate surface area is 330 Å². The number of nitrogens with zero attached hydrogens (tertiary/aromatic N) is 3. The molecule has 12 nitrogen and oxygen atoms in total. The highest BCUT2D eigenvalue weighted by atomic mass is 28.4. The van der Waals surface area contributed by atoms with Crippen LogP contribution in [0, 0.1) is 5.92 Å². The molecular formula is C43H56N4O8Si. The molecule has 1 unspecified atom stereocenters. The van der Waals surface area contributed by atoms with Crippen molar-refractivity contribution in [1.29, 1.82) is 0 Å². The van der Waals surface area contributed by atoms with Gasteiger partial charge < -0.3 is 39.6 Å². The molecule has 3 aliphatic rings. The van der Waals surface area contributed by atoms with E-state index in [0.717, 1.165) is 11.1 Å². The summed E-state index contributed by atoms with van der Waals surface area (Å²) in [5.74, 6) is -0.540. The van der Waals surface area contributed by atoms with Crippen LogP contribution in [-0.2, 0) is 37.7 Å². The molecule has 4 N–H and O–H groups in total. The molecule has 5 atom stereocenters. The van der Waals surface area contributed by atoms with Crippen LogP contribution in [0.5, 0.6) is 5.75 Å². The third-order valence-corrected chi connectivity index (χ3v) is 13.9. The second kappa shape index (κ2) is 17.4. The number of amides is 3. The summed E-state index contributed by atoms with van der Waals surface area (Å²) in [7, 11) is -3.11. The summed E-state index contributed by atoms with van der Waals surface area (Å²) in [6.07, 6.45) is 2.55. The minimum Gasteiger partial charge on any atom is -0.494 e. The maximum Gasteiger partial charge on any atom is 0.264 e. The zero-order chi connectivity index (χ0) is 40.2. The number of ether oxygens (including phenoxy) is 2. The summed E-state index contributed by atoms with van der Waals surface area (Å²) in [6, 6.07) is 20.2. The van der Waals surface area contributed by atoms with Gasteiger partial charge in [0.1, 0.15) is 5.75 Å². The highest BCUT2D eigenvalue weighted by Crippen LogP contribution is 2.60. The number of carbonyl (C=O) groups excluding carboxylic acids is 3. The van der Waals surface area contributed by atoms with Crippen LogP contribution >= 0.6 is 0 Å². The molecular weight excluding hydrogens is 729 g/mol. The van der Waals surface area contributed by atoms with Crippen molar-refractivity contribution >= 4 is 43.1 Å². The van der Waals surface area contributed by atoms with Gasteiger partial charge in [0, 0.05) is 49.0 Å². The zero-order valence-corrected chi connectivity index (χ0v) is 33.9. The SMILES string of the molecule is C=CCN1C(=O)[C@]2(O[C@H](CC(=O)N(CCO)Cc3ccccc3)[C@@H]([Si](C)(C)O)[C@@H]2C)c2cc(N3C(=O)C(NCCCCO)Cc4cc(OCC)ccc43)ccc21. The molecule has 3 aromatic rings. The summed E-state index contributed by atoms with van der Waals surface area (Å²) >= 11 is 0. The van der Waals surface area contributed by atoms with Crippen molar-refractivity contribution in [3.63, 3.8) is 0 Å². The standard InChI is InChI=1S/C43H56N4O8Si/c1-6-20-46-37-17-15-32(47-36-18-16-33(54-7-2)24-31(36)25-35(41(47)51)44-19-11-12-22-48)26-34(37)43(42(46)52)29(3)40(56(4,5)53)38(55-43)27-39(50)45(21-23-49)28-30-13-9-8-10-14-30/h6,8-10,13-18,24,26,29,35,38,40,44,48-49,53H,1,7,11-12,19-23,25,27-28H2,2-5H3/t29-,35?,38+,40-,43+/m0/s1. The largest absolute Gasteiger partial charge is 0.494 e. The first-order chi connectivity index (χ1) is 26.9. The monoisotopic (exact) mass is 784 g/mol. The van der Waals surface area contributed by atoms with Crippen molar-refractivity contribution < 1.29 is 38.9 Å². The number of anilines is 3. The van der Waals surface area contributed by atoms with E-state index in [1.165, 1.54) is 0 Å². The summed E-state index contributed by atoms with van der Waals surface area (Å²) in [4.78, 5) is 60.2. The lowest BCUT2D eigenvalue weighted by molar-refractivity contribution is -0.149. The molecule has 6 rings (SSSR count). The van der Waals surface area contributed by atoms with Crippen molar-refractivity contribution in [2.24, 2.45) is 5.92 Å². The number of unbranched alkanes of at least 4 members (excludes halogenated alkanes) is 1. The van der Waals surface area contributed by atoms with Gasteiger partial charge in [0.25, 0.3) is 5.91 Å². The molecule has 300 valence electrons. The van der Waals surface area contributed by atoms with E-state index in [4.69, 9.17) is 9.47 Å². The molecule has 3 aliphatic heterocycles. The van der Waals surface area contributed by atoms with Crippen LogP contribution in [0.3, 0.4) is 0 Å². The Bertz CT molecular complexity index is 1900. The molecule has 1 spiro atoms. The number of carbonyl (C=O) groups is 3. The average Bonchev–Trinajstić information content (AvgIpc) is 3.59. The van der Waals surface area contributed by atoms with E-state index in [0.29, 0.717) is 67.3 Å². The molecule has 3 heterocycles. The van der Waals surface area contributed by atoms with Crippen LogP contribution in [-0.4, -0.2) is 97.5 Å². The number of fused-ring (bicyclic) bond motifs is 3. The highest BCUT2D eigenvalue weighted by Gasteiger charge is 2.66. The fourth-order valence-corrected chi connectivity index (χ4v) is 11.5. The van der Waals surface area contributed by atoms with Gasteiger partial charge in [0.2, 0.25) is 11.8 Å². The number of aliphatic hydroxyl groups excluding tert-OH is 2. The predicted molar refractivity (Wildman–Crippen MR) is 218 cm³/mol. The van der Waals surface area contributed by atoms with Crippen LogP contribution < -0.4 is 19.9 Å². The summed E-state index contributed by atoms with van der Waals surface area (Å²) in [5, 5.41) is 22.6. The van der Waals surface area contributed by atoms with E-state index in [9.17, 15) is 29.4 Å². The molecule has 0 radical (unpaired) electrons. The first-order valence-electron chi connectivity index (χ1n) is 19.7. The maximum absolute atomic E-state index is 14.9. The van der Waals surface area contributed by atoms with Crippen molar-refractivity contribution in [3.05, 3.63) is 96.1 Å². The second-order valence-corrected chi connectivity index (χ2v) is 19.5. The first-order valence-corrected chi connectivity index (χ1v) is 22.8. The van der Waals surface area contributed by atoms with Gasteiger partial charge in [0.05, 0.1) is 43.2 Å². The maximum atomic E-state index is 14.9. The molecule has 1 saturated heterocycles. The minimum atomic E-state index is -3.11. The molecule has 3 aromatic carbocycles. The first kappa shape index (κ1) is 41.3. The highest BCUT2D eigenvalue weighted by molar-refractivity contribution is 6.71. The molecule has 56 heavy (non-hydrogen) atoms. The number of benzene rings is 3. The van der Waals surface area contributed by atoms with Gasteiger partial charge >= 0.3 is 0 Å². The van der Waals surface area contributed by atoms with E-state index >= 15 is 0 Å². The van der Waals surface area contributed by atoms with E-state index < -0.39 is 37.5 Å². The molecule has 0 saturated carbocycles. The number of rotatable bonds is 17. The van der Waals surface area contributed by atoms with Crippen LogP contribution in [0.2, 0.25) is 18.6 Å². The molecule has 3 amide bonds.